The number of alkyl halides is 7. The number of amides is 1. The highest BCUT2D eigenvalue weighted by Gasteiger charge is 2.77. The monoisotopic (exact) mass is 550 g/mol. The van der Waals surface area contributed by atoms with E-state index in [0.29, 0.717) is 0 Å². The summed E-state index contributed by atoms with van der Waals surface area (Å²) in [6.07, 6.45) is -7.98. The Bertz CT molecular complexity index is 959. The Morgan fingerprint density at radius 2 is 1.61 bits per heavy atom. The van der Waals surface area contributed by atoms with E-state index in [9.17, 15) is 45.6 Å². The third kappa shape index (κ3) is 7.30. The molecule has 1 unspecified atom stereocenters. The fourth-order valence-corrected chi connectivity index (χ4v) is 4.28. The third-order valence-electron chi connectivity index (χ3n) is 4.79. The standard InChI is InChI=1S/C21H29F7N2O5Si/c1-13-9-8-10-15(16(13)30(32)33)34-12-14(35-36(5,6)7)11-29(18(2,3)4)17(31)19(22,23)20(24,25)21(26,27)28/h8-10,14H,11-12H2,1-7H3. The van der Waals surface area contributed by atoms with Crippen LogP contribution in [0, 0.1) is 17.0 Å². The van der Waals surface area contributed by atoms with Crippen molar-refractivity contribution in [2.45, 2.75) is 77.0 Å². The zero-order valence-corrected chi connectivity index (χ0v) is 21.8. The van der Waals surface area contributed by atoms with E-state index in [0.717, 1.165) is 0 Å². The predicted molar refractivity (Wildman–Crippen MR) is 119 cm³/mol. The van der Waals surface area contributed by atoms with Gasteiger partial charge in [0.1, 0.15) is 6.61 Å². The van der Waals surface area contributed by atoms with Crippen molar-refractivity contribution in [1.29, 1.82) is 0 Å². The van der Waals surface area contributed by atoms with Gasteiger partial charge in [-0.2, -0.15) is 30.7 Å². The molecule has 0 radical (unpaired) electrons. The summed E-state index contributed by atoms with van der Waals surface area (Å²) in [5.74, 6) is -15.7. The number of para-hydroxylation sites is 1. The van der Waals surface area contributed by atoms with Crippen molar-refractivity contribution in [2.75, 3.05) is 13.2 Å². The quantitative estimate of drug-likeness (QED) is 0.155. The van der Waals surface area contributed by atoms with Crippen LogP contribution in [0.2, 0.25) is 19.6 Å². The van der Waals surface area contributed by atoms with E-state index in [-0.39, 0.29) is 21.9 Å². The number of carbonyl (C=O) groups excluding carboxylic acids is 1. The van der Waals surface area contributed by atoms with Gasteiger partial charge in [0.2, 0.25) is 0 Å². The second-order valence-corrected chi connectivity index (χ2v) is 14.5. The summed E-state index contributed by atoms with van der Waals surface area (Å²) in [6, 6.07) is 4.17. The van der Waals surface area contributed by atoms with Crippen molar-refractivity contribution in [3.8, 4) is 5.75 Å². The number of ether oxygens (including phenoxy) is 1. The number of nitro benzene ring substituents is 1. The van der Waals surface area contributed by atoms with Crippen LogP contribution in [-0.2, 0) is 9.22 Å². The summed E-state index contributed by atoms with van der Waals surface area (Å²) >= 11 is 0. The lowest BCUT2D eigenvalue weighted by Gasteiger charge is -2.42. The van der Waals surface area contributed by atoms with Crippen LogP contribution in [-0.4, -0.2) is 66.9 Å². The van der Waals surface area contributed by atoms with E-state index < -0.39 is 62.0 Å². The van der Waals surface area contributed by atoms with Gasteiger partial charge in [-0.05, 0) is 53.4 Å². The lowest BCUT2D eigenvalue weighted by Crippen LogP contribution is -2.64. The molecule has 0 aliphatic rings. The van der Waals surface area contributed by atoms with Crippen molar-refractivity contribution in [3.05, 3.63) is 33.9 Å². The van der Waals surface area contributed by atoms with E-state index in [1.807, 2.05) is 0 Å². The molecule has 0 aliphatic heterocycles. The fraction of sp³-hybridized carbons (Fsp3) is 0.667. The van der Waals surface area contributed by atoms with Crippen LogP contribution in [0.1, 0.15) is 26.3 Å². The molecule has 0 fully saturated rings. The summed E-state index contributed by atoms with van der Waals surface area (Å²) in [5.41, 5.74) is -1.77. The minimum absolute atomic E-state index is 0.172. The second kappa shape index (κ2) is 10.5. The van der Waals surface area contributed by atoms with E-state index in [2.05, 4.69) is 0 Å². The molecule has 36 heavy (non-hydrogen) atoms. The molecule has 1 aromatic carbocycles. The molecule has 1 rings (SSSR count). The molecule has 0 spiro atoms. The van der Waals surface area contributed by atoms with Crippen molar-refractivity contribution in [2.24, 2.45) is 0 Å². The van der Waals surface area contributed by atoms with Gasteiger partial charge in [0.05, 0.1) is 11.0 Å². The summed E-state index contributed by atoms with van der Waals surface area (Å²) in [6.45, 7) is 8.58. The predicted octanol–water partition coefficient (Wildman–Crippen LogP) is 5.96. The normalized spacial score (nSPS) is 14.4. The molecule has 206 valence electrons. The molecular formula is C21H29F7N2O5Si. The maximum absolute atomic E-state index is 14.3. The Morgan fingerprint density at radius 3 is 2.03 bits per heavy atom. The molecule has 1 atom stereocenters. The molecule has 0 bridgehead atoms. The van der Waals surface area contributed by atoms with Gasteiger partial charge in [-0.3, -0.25) is 14.9 Å². The number of hydrogen-bond acceptors (Lipinski definition) is 5. The minimum atomic E-state index is -6.68. The average Bonchev–Trinajstić information content (AvgIpc) is 2.66. The van der Waals surface area contributed by atoms with E-state index in [1.165, 1.54) is 45.9 Å². The van der Waals surface area contributed by atoms with E-state index in [1.54, 1.807) is 19.6 Å². The molecule has 1 aromatic rings. The van der Waals surface area contributed by atoms with Gasteiger partial charge in [0.25, 0.3) is 0 Å². The van der Waals surface area contributed by atoms with Crippen LogP contribution in [0.25, 0.3) is 0 Å². The van der Waals surface area contributed by atoms with Gasteiger partial charge in [-0.1, -0.05) is 12.1 Å². The largest absolute Gasteiger partial charge is 0.484 e. The minimum Gasteiger partial charge on any atom is -0.484 e. The van der Waals surface area contributed by atoms with Gasteiger partial charge in [-0.15, -0.1) is 0 Å². The first-order valence-electron chi connectivity index (χ1n) is 10.6. The Morgan fingerprint density at radius 1 is 1.08 bits per heavy atom. The van der Waals surface area contributed by atoms with Crippen LogP contribution < -0.4 is 4.74 Å². The van der Waals surface area contributed by atoms with Gasteiger partial charge < -0.3 is 14.1 Å². The van der Waals surface area contributed by atoms with Crippen molar-refractivity contribution >= 4 is 19.9 Å². The number of nitro groups is 1. The zero-order chi connectivity index (χ0) is 28.5. The first-order valence-corrected chi connectivity index (χ1v) is 14.0. The van der Waals surface area contributed by atoms with Gasteiger partial charge in [-0.25, -0.2) is 0 Å². The van der Waals surface area contributed by atoms with Crippen LogP contribution >= 0.6 is 0 Å². The Labute approximate surface area is 204 Å². The number of halogens is 7. The number of carbonyl (C=O) groups is 1. The van der Waals surface area contributed by atoms with Gasteiger partial charge >= 0.3 is 29.6 Å². The summed E-state index contributed by atoms with van der Waals surface area (Å²) in [5, 5.41) is 11.4. The number of rotatable bonds is 10. The van der Waals surface area contributed by atoms with Gasteiger partial charge in [0, 0.05) is 17.6 Å². The molecule has 1 amide bonds. The second-order valence-electron chi connectivity index (χ2n) is 10.1. The third-order valence-corrected chi connectivity index (χ3v) is 5.83. The van der Waals surface area contributed by atoms with Crippen LogP contribution in [0.5, 0.6) is 5.75 Å². The van der Waals surface area contributed by atoms with E-state index in [4.69, 9.17) is 9.16 Å². The summed E-state index contributed by atoms with van der Waals surface area (Å²) in [7, 11) is -2.55. The molecular weight excluding hydrogens is 521 g/mol. The Hall–Kier alpha value is -2.42. The molecule has 0 aliphatic carbocycles. The maximum atomic E-state index is 14.3. The highest BCUT2D eigenvalue weighted by atomic mass is 28.4. The van der Waals surface area contributed by atoms with Crippen molar-refractivity contribution < 1.29 is 49.6 Å². The molecule has 7 nitrogen and oxygen atoms in total. The number of aryl methyl sites for hydroxylation is 1. The lowest BCUT2D eigenvalue weighted by molar-refractivity contribution is -0.386. The van der Waals surface area contributed by atoms with Crippen molar-refractivity contribution in [1.82, 2.24) is 4.90 Å². The molecule has 0 aromatic heterocycles. The van der Waals surface area contributed by atoms with Crippen molar-refractivity contribution in [3.63, 3.8) is 0 Å². The Balaban J connectivity index is 3.39. The molecule has 0 heterocycles. The molecule has 0 N–H and O–H groups in total. The summed E-state index contributed by atoms with van der Waals surface area (Å²) in [4.78, 5) is 23.4. The summed E-state index contributed by atoms with van der Waals surface area (Å²) < 4.78 is 105. The molecule has 0 saturated heterocycles. The smallest absolute Gasteiger partial charge is 0.460 e. The highest BCUT2D eigenvalue weighted by Crippen LogP contribution is 2.47. The average molecular weight is 551 g/mol. The van der Waals surface area contributed by atoms with Gasteiger partial charge in [0.15, 0.2) is 14.1 Å². The first kappa shape index (κ1) is 31.6. The highest BCUT2D eigenvalue weighted by molar-refractivity contribution is 6.69. The fourth-order valence-electron chi connectivity index (χ4n) is 3.14. The number of benzene rings is 1. The molecule has 15 heteroatoms. The first-order chi connectivity index (χ1) is 15.9. The zero-order valence-electron chi connectivity index (χ0n) is 20.8. The van der Waals surface area contributed by atoms with Crippen LogP contribution in [0.3, 0.4) is 0 Å². The Kier molecular flexibility index (Phi) is 9.23. The number of hydrogen-bond donors (Lipinski definition) is 0. The number of nitrogens with zero attached hydrogens (tertiary/aromatic N) is 2. The van der Waals surface area contributed by atoms with E-state index >= 15 is 0 Å². The SMILES string of the molecule is Cc1cccc(OCC(CN(C(=O)C(F)(F)C(F)(F)C(F)(F)F)C(C)(C)C)O[Si](C)(C)C)c1[N+](=O)[O-]. The topological polar surface area (TPSA) is 81.9 Å². The maximum Gasteiger partial charge on any atom is 0.460 e. The van der Waals surface area contributed by atoms with Crippen LogP contribution in [0.15, 0.2) is 18.2 Å². The lowest BCUT2D eigenvalue weighted by atomic mass is 10.0. The molecule has 0 saturated carbocycles. The van der Waals surface area contributed by atoms with Crippen LogP contribution in [0.4, 0.5) is 36.4 Å².